The fourth-order valence-electron chi connectivity index (χ4n) is 2.69. The lowest BCUT2D eigenvalue weighted by molar-refractivity contribution is 0.277. The van der Waals surface area contributed by atoms with Gasteiger partial charge in [0.15, 0.2) is 0 Å². The van der Waals surface area contributed by atoms with Crippen LogP contribution in [0, 0.1) is 17.3 Å². The van der Waals surface area contributed by atoms with E-state index in [1.54, 1.807) is 25.7 Å². The van der Waals surface area contributed by atoms with Crippen LogP contribution in [0.3, 0.4) is 0 Å². The third-order valence-corrected chi connectivity index (χ3v) is 3.22. The molecule has 2 unspecified atom stereocenters. The van der Waals surface area contributed by atoms with Crippen LogP contribution in [0.5, 0.6) is 0 Å². The minimum absolute atomic E-state index is 0.500. The first-order valence-electron chi connectivity index (χ1n) is 6.47. The number of hydrogen-bond donors (Lipinski definition) is 0. The summed E-state index contributed by atoms with van der Waals surface area (Å²) in [6.07, 6.45) is 10.8. The lowest BCUT2D eigenvalue weighted by Gasteiger charge is -2.24. The Hall–Kier alpha value is 0. The van der Waals surface area contributed by atoms with E-state index in [2.05, 4.69) is 27.7 Å². The summed E-state index contributed by atoms with van der Waals surface area (Å²) >= 11 is 0. The molecule has 0 radical (unpaired) electrons. The molecular weight excluding hydrogens is 168 g/mol. The molecule has 2 aliphatic carbocycles. The Kier molecular flexibility index (Phi) is 4.47. The highest BCUT2D eigenvalue weighted by Crippen LogP contribution is 2.41. The molecule has 0 bridgehead atoms. The topological polar surface area (TPSA) is 0 Å². The summed E-state index contributed by atoms with van der Waals surface area (Å²) in [5, 5.41) is 0. The van der Waals surface area contributed by atoms with Gasteiger partial charge in [-0.3, -0.25) is 0 Å². The van der Waals surface area contributed by atoms with Gasteiger partial charge < -0.3 is 0 Å². The fourth-order valence-corrected chi connectivity index (χ4v) is 2.69. The molecule has 0 aromatic carbocycles. The highest BCUT2D eigenvalue weighted by Gasteiger charge is 2.28. The average molecular weight is 196 g/mol. The van der Waals surface area contributed by atoms with Crippen LogP contribution in [0.2, 0.25) is 0 Å². The van der Waals surface area contributed by atoms with E-state index >= 15 is 0 Å². The molecule has 84 valence electrons. The van der Waals surface area contributed by atoms with Crippen LogP contribution >= 0.6 is 0 Å². The number of hydrogen-bond acceptors (Lipinski definition) is 0. The molecule has 2 aliphatic rings. The second-order valence-electron chi connectivity index (χ2n) is 6.74. The van der Waals surface area contributed by atoms with Gasteiger partial charge in [-0.1, -0.05) is 72.6 Å². The molecule has 0 aromatic heterocycles. The fraction of sp³-hybridized carbons (Fsp3) is 1.00. The standard InChI is InChI=1S/C9H16.C5H12/c1-2-5-9-7-3-6-8(9)4-1;1-5(2,3)4/h8-9H,1-7H2;1-4H3. The highest BCUT2D eigenvalue weighted by atomic mass is 14.3. The van der Waals surface area contributed by atoms with Crippen LogP contribution in [-0.2, 0) is 0 Å². The first-order valence-corrected chi connectivity index (χ1v) is 6.47. The lowest BCUT2D eigenvalue weighted by atomic mass is 9.82. The molecule has 2 saturated carbocycles. The van der Waals surface area contributed by atoms with Crippen molar-refractivity contribution in [2.24, 2.45) is 17.3 Å². The van der Waals surface area contributed by atoms with Gasteiger partial charge in [0.1, 0.15) is 0 Å². The summed E-state index contributed by atoms with van der Waals surface area (Å²) in [6, 6.07) is 0. The minimum Gasteiger partial charge on any atom is -0.0604 e. The van der Waals surface area contributed by atoms with Gasteiger partial charge in [-0.2, -0.15) is 0 Å². The van der Waals surface area contributed by atoms with Crippen LogP contribution in [0.4, 0.5) is 0 Å². The summed E-state index contributed by atoms with van der Waals surface area (Å²) in [4.78, 5) is 0. The van der Waals surface area contributed by atoms with Crippen LogP contribution in [0.15, 0.2) is 0 Å². The maximum Gasteiger partial charge on any atom is -0.0386 e. The van der Waals surface area contributed by atoms with E-state index < -0.39 is 0 Å². The van der Waals surface area contributed by atoms with E-state index in [1.165, 1.54) is 31.1 Å². The minimum atomic E-state index is 0.500. The van der Waals surface area contributed by atoms with E-state index in [9.17, 15) is 0 Å². The molecule has 2 atom stereocenters. The van der Waals surface area contributed by atoms with Gasteiger partial charge in [0, 0.05) is 0 Å². The zero-order valence-electron chi connectivity index (χ0n) is 10.6. The molecule has 0 saturated heterocycles. The third kappa shape index (κ3) is 5.02. The van der Waals surface area contributed by atoms with Crippen molar-refractivity contribution in [3.8, 4) is 0 Å². The largest absolute Gasteiger partial charge is 0.0604 e. The Bertz CT molecular complexity index is 134. The molecule has 0 heteroatoms. The van der Waals surface area contributed by atoms with Crippen molar-refractivity contribution in [2.45, 2.75) is 72.6 Å². The predicted octanol–water partition coefficient (Wildman–Crippen LogP) is 5.03. The van der Waals surface area contributed by atoms with Crippen LogP contribution in [-0.4, -0.2) is 0 Å². The second-order valence-corrected chi connectivity index (χ2v) is 6.74. The van der Waals surface area contributed by atoms with Gasteiger partial charge >= 0.3 is 0 Å². The predicted molar refractivity (Wildman–Crippen MR) is 64.4 cm³/mol. The zero-order valence-corrected chi connectivity index (χ0v) is 10.6. The SMILES string of the molecule is C1CCC2CCCC2C1.CC(C)(C)C. The van der Waals surface area contributed by atoms with Crippen molar-refractivity contribution < 1.29 is 0 Å². The molecule has 0 spiro atoms. The lowest BCUT2D eigenvalue weighted by Crippen LogP contribution is -2.12. The number of rotatable bonds is 0. The molecule has 0 aromatic rings. The van der Waals surface area contributed by atoms with Gasteiger partial charge in [0.25, 0.3) is 0 Å². The van der Waals surface area contributed by atoms with Gasteiger partial charge in [-0.05, 0) is 17.3 Å². The van der Waals surface area contributed by atoms with E-state index in [1.807, 2.05) is 0 Å². The van der Waals surface area contributed by atoms with Crippen LogP contribution in [0.1, 0.15) is 72.6 Å². The third-order valence-electron chi connectivity index (χ3n) is 3.22. The Labute approximate surface area is 90.5 Å². The van der Waals surface area contributed by atoms with Gasteiger partial charge in [-0.15, -0.1) is 0 Å². The van der Waals surface area contributed by atoms with Crippen LogP contribution < -0.4 is 0 Å². The van der Waals surface area contributed by atoms with Crippen molar-refractivity contribution >= 4 is 0 Å². The maximum atomic E-state index is 2.19. The molecule has 0 N–H and O–H groups in total. The molecule has 0 aliphatic heterocycles. The van der Waals surface area contributed by atoms with Gasteiger partial charge in [-0.25, -0.2) is 0 Å². The molecule has 2 rings (SSSR count). The zero-order chi connectivity index (χ0) is 10.6. The summed E-state index contributed by atoms with van der Waals surface area (Å²) < 4.78 is 0. The first-order chi connectivity index (χ1) is 6.47. The van der Waals surface area contributed by atoms with Gasteiger partial charge in [0.2, 0.25) is 0 Å². The molecule has 0 amide bonds. The van der Waals surface area contributed by atoms with E-state index in [0.29, 0.717) is 5.41 Å². The molecule has 2 fully saturated rings. The molecule has 14 heavy (non-hydrogen) atoms. The van der Waals surface area contributed by atoms with E-state index in [4.69, 9.17) is 0 Å². The monoisotopic (exact) mass is 196 g/mol. The Morgan fingerprint density at radius 2 is 0.929 bits per heavy atom. The first kappa shape index (κ1) is 12.1. The summed E-state index contributed by atoms with van der Waals surface area (Å²) in [6.45, 7) is 8.75. The highest BCUT2D eigenvalue weighted by molar-refractivity contribution is 4.80. The Morgan fingerprint density at radius 3 is 1.29 bits per heavy atom. The Morgan fingerprint density at radius 1 is 0.643 bits per heavy atom. The summed E-state index contributed by atoms with van der Waals surface area (Å²) in [5.41, 5.74) is 0.500. The molecule has 0 nitrogen and oxygen atoms in total. The maximum absolute atomic E-state index is 2.19. The van der Waals surface area contributed by atoms with Crippen molar-refractivity contribution in [3.63, 3.8) is 0 Å². The van der Waals surface area contributed by atoms with Gasteiger partial charge in [0.05, 0.1) is 0 Å². The molecule has 0 heterocycles. The van der Waals surface area contributed by atoms with Crippen molar-refractivity contribution in [1.82, 2.24) is 0 Å². The average Bonchev–Trinajstić information content (AvgIpc) is 2.47. The summed E-state index contributed by atoms with van der Waals surface area (Å²) in [5.74, 6) is 2.33. The number of fused-ring (bicyclic) bond motifs is 1. The second kappa shape index (κ2) is 5.19. The Balaban J connectivity index is 0.000000171. The summed E-state index contributed by atoms with van der Waals surface area (Å²) in [7, 11) is 0. The van der Waals surface area contributed by atoms with Crippen molar-refractivity contribution in [3.05, 3.63) is 0 Å². The van der Waals surface area contributed by atoms with Crippen LogP contribution in [0.25, 0.3) is 0 Å². The van der Waals surface area contributed by atoms with Crippen molar-refractivity contribution in [2.75, 3.05) is 0 Å². The normalized spacial score (nSPS) is 31.7. The van der Waals surface area contributed by atoms with E-state index in [-0.39, 0.29) is 0 Å². The molecular formula is C14H28. The smallest absolute Gasteiger partial charge is 0.0386 e. The quantitative estimate of drug-likeness (QED) is 0.510. The van der Waals surface area contributed by atoms with E-state index in [0.717, 1.165) is 0 Å². The van der Waals surface area contributed by atoms with Crippen molar-refractivity contribution in [1.29, 1.82) is 0 Å².